The molecule has 1 aliphatic rings. The highest BCUT2D eigenvalue weighted by molar-refractivity contribution is 6.31. The normalized spacial score (nSPS) is 16.5. The maximum absolute atomic E-state index is 5.90. The zero-order valence-electron chi connectivity index (χ0n) is 8.23. The molecule has 1 aromatic heterocycles. The SMILES string of the molecule is Clc1ccc2nn(N3CCCC3)nc2c1. The van der Waals surface area contributed by atoms with Crippen LogP contribution in [0.4, 0.5) is 0 Å². The Bertz CT molecular complexity index is 487. The highest BCUT2D eigenvalue weighted by Crippen LogP contribution is 2.16. The molecule has 0 amide bonds. The van der Waals surface area contributed by atoms with Crippen molar-refractivity contribution in [2.24, 2.45) is 0 Å². The summed E-state index contributed by atoms with van der Waals surface area (Å²) < 4.78 is 0. The van der Waals surface area contributed by atoms with Gasteiger partial charge < -0.3 is 0 Å². The monoisotopic (exact) mass is 222 g/mol. The zero-order valence-corrected chi connectivity index (χ0v) is 8.98. The van der Waals surface area contributed by atoms with Crippen LogP contribution in [0.15, 0.2) is 18.2 Å². The topological polar surface area (TPSA) is 34.0 Å². The standard InChI is InChI=1S/C10H11ClN4/c11-8-3-4-9-10(7-8)13-15(12-9)14-5-1-2-6-14/h3-4,7H,1-2,5-6H2. The van der Waals surface area contributed by atoms with E-state index in [1.54, 1.807) is 4.91 Å². The Balaban J connectivity index is 2.05. The van der Waals surface area contributed by atoms with Crippen molar-refractivity contribution in [2.75, 3.05) is 18.1 Å². The summed E-state index contributed by atoms with van der Waals surface area (Å²) >= 11 is 5.90. The molecule has 5 heteroatoms. The van der Waals surface area contributed by atoms with Crippen LogP contribution >= 0.6 is 11.6 Å². The fraction of sp³-hybridized carbons (Fsp3) is 0.400. The Morgan fingerprint density at radius 1 is 1.07 bits per heavy atom. The lowest BCUT2D eigenvalue weighted by atomic mass is 10.3. The molecule has 4 nitrogen and oxygen atoms in total. The van der Waals surface area contributed by atoms with Gasteiger partial charge in [-0.15, -0.1) is 10.2 Å². The van der Waals surface area contributed by atoms with Gasteiger partial charge in [-0.05, 0) is 31.0 Å². The Labute approximate surface area is 92.4 Å². The summed E-state index contributed by atoms with van der Waals surface area (Å²) in [4.78, 5) is 1.70. The predicted octanol–water partition coefficient (Wildman–Crippen LogP) is 1.82. The summed E-state index contributed by atoms with van der Waals surface area (Å²) in [7, 11) is 0. The van der Waals surface area contributed by atoms with Gasteiger partial charge in [0.2, 0.25) is 0 Å². The summed E-state index contributed by atoms with van der Waals surface area (Å²) in [6, 6.07) is 5.58. The van der Waals surface area contributed by atoms with Gasteiger partial charge in [0.05, 0.1) is 0 Å². The lowest BCUT2D eigenvalue weighted by Gasteiger charge is -2.13. The molecular formula is C10H11ClN4. The van der Waals surface area contributed by atoms with E-state index in [2.05, 4.69) is 15.2 Å². The molecule has 0 saturated carbocycles. The largest absolute Gasteiger partial charge is 0.280 e. The fourth-order valence-electron chi connectivity index (χ4n) is 1.88. The maximum atomic E-state index is 5.90. The number of hydrogen-bond donors (Lipinski definition) is 0. The summed E-state index contributed by atoms with van der Waals surface area (Å²) in [6.45, 7) is 2.07. The molecular weight excluding hydrogens is 212 g/mol. The van der Waals surface area contributed by atoms with Crippen LogP contribution in [-0.4, -0.2) is 28.2 Å². The quantitative estimate of drug-likeness (QED) is 0.738. The van der Waals surface area contributed by atoms with Crippen molar-refractivity contribution in [3.05, 3.63) is 23.2 Å². The molecule has 1 aliphatic heterocycles. The van der Waals surface area contributed by atoms with Crippen molar-refractivity contribution in [3.8, 4) is 0 Å². The second-order valence-electron chi connectivity index (χ2n) is 3.76. The first kappa shape index (κ1) is 8.97. The minimum atomic E-state index is 0.705. The molecule has 0 spiro atoms. The molecule has 3 rings (SSSR count). The van der Waals surface area contributed by atoms with Crippen LogP contribution in [0.5, 0.6) is 0 Å². The first-order valence-corrected chi connectivity index (χ1v) is 5.48. The van der Waals surface area contributed by atoms with Gasteiger partial charge in [-0.25, -0.2) is 0 Å². The predicted molar refractivity (Wildman–Crippen MR) is 59.7 cm³/mol. The third-order valence-electron chi connectivity index (χ3n) is 2.67. The van der Waals surface area contributed by atoms with Crippen LogP contribution in [0, 0.1) is 0 Å². The molecule has 0 N–H and O–H groups in total. The van der Waals surface area contributed by atoms with E-state index in [1.165, 1.54) is 12.8 Å². The third-order valence-corrected chi connectivity index (χ3v) is 2.90. The van der Waals surface area contributed by atoms with Gasteiger partial charge in [0.25, 0.3) is 0 Å². The van der Waals surface area contributed by atoms with Gasteiger partial charge in [-0.2, -0.15) is 0 Å². The molecule has 1 fully saturated rings. The van der Waals surface area contributed by atoms with Crippen LogP contribution in [0.25, 0.3) is 11.0 Å². The van der Waals surface area contributed by atoms with Crippen LogP contribution < -0.4 is 5.01 Å². The molecule has 0 atom stereocenters. The van der Waals surface area contributed by atoms with Gasteiger partial charge in [-0.1, -0.05) is 16.5 Å². The van der Waals surface area contributed by atoms with Crippen molar-refractivity contribution in [3.63, 3.8) is 0 Å². The average Bonchev–Trinajstić information content (AvgIpc) is 2.84. The second kappa shape index (κ2) is 3.38. The van der Waals surface area contributed by atoms with Gasteiger partial charge in [0.1, 0.15) is 11.0 Å². The number of aromatic nitrogens is 3. The smallest absolute Gasteiger partial charge is 0.116 e. The number of fused-ring (bicyclic) bond motifs is 1. The van der Waals surface area contributed by atoms with Gasteiger partial charge in [0, 0.05) is 18.1 Å². The first-order chi connectivity index (χ1) is 7.33. The van der Waals surface area contributed by atoms with Crippen molar-refractivity contribution in [1.82, 2.24) is 15.1 Å². The molecule has 0 unspecified atom stereocenters. The van der Waals surface area contributed by atoms with E-state index >= 15 is 0 Å². The average molecular weight is 223 g/mol. The first-order valence-electron chi connectivity index (χ1n) is 5.11. The molecule has 2 aromatic rings. The van der Waals surface area contributed by atoms with Crippen molar-refractivity contribution >= 4 is 22.6 Å². The Morgan fingerprint density at radius 3 is 2.60 bits per heavy atom. The molecule has 1 saturated heterocycles. The second-order valence-corrected chi connectivity index (χ2v) is 4.20. The van der Waals surface area contributed by atoms with E-state index in [1.807, 2.05) is 18.2 Å². The van der Waals surface area contributed by atoms with Gasteiger partial charge in [0.15, 0.2) is 0 Å². The number of benzene rings is 1. The van der Waals surface area contributed by atoms with E-state index in [-0.39, 0.29) is 0 Å². The lowest BCUT2D eigenvalue weighted by Crippen LogP contribution is -2.33. The third kappa shape index (κ3) is 1.55. The van der Waals surface area contributed by atoms with Crippen LogP contribution in [0.1, 0.15) is 12.8 Å². The zero-order chi connectivity index (χ0) is 10.3. The minimum absolute atomic E-state index is 0.705. The number of hydrogen-bond acceptors (Lipinski definition) is 3. The van der Waals surface area contributed by atoms with Gasteiger partial charge in [-0.3, -0.25) is 5.01 Å². The molecule has 1 aromatic carbocycles. The minimum Gasteiger partial charge on any atom is -0.280 e. The molecule has 0 aliphatic carbocycles. The number of nitrogens with zero attached hydrogens (tertiary/aromatic N) is 4. The molecule has 2 heterocycles. The summed E-state index contributed by atoms with van der Waals surface area (Å²) in [6.07, 6.45) is 2.44. The van der Waals surface area contributed by atoms with Crippen LogP contribution in [0.2, 0.25) is 5.02 Å². The van der Waals surface area contributed by atoms with E-state index < -0.39 is 0 Å². The Morgan fingerprint density at radius 2 is 1.80 bits per heavy atom. The number of halogens is 1. The lowest BCUT2D eigenvalue weighted by molar-refractivity contribution is 0.524. The fourth-order valence-corrected chi connectivity index (χ4v) is 2.05. The number of rotatable bonds is 1. The van der Waals surface area contributed by atoms with Crippen molar-refractivity contribution < 1.29 is 0 Å². The molecule has 78 valence electrons. The highest BCUT2D eigenvalue weighted by atomic mass is 35.5. The molecule has 15 heavy (non-hydrogen) atoms. The molecule has 0 radical (unpaired) electrons. The highest BCUT2D eigenvalue weighted by Gasteiger charge is 2.14. The van der Waals surface area contributed by atoms with E-state index in [9.17, 15) is 0 Å². The Kier molecular flexibility index (Phi) is 2.02. The maximum Gasteiger partial charge on any atom is 0.116 e. The molecule has 0 bridgehead atoms. The van der Waals surface area contributed by atoms with Crippen LogP contribution in [-0.2, 0) is 0 Å². The van der Waals surface area contributed by atoms with Crippen molar-refractivity contribution in [1.29, 1.82) is 0 Å². The summed E-state index contributed by atoms with van der Waals surface area (Å²) in [5.41, 5.74) is 1.75. The Hall–Kier alpha value is -1.29. The van der Waals surface area contributed by atoms with E-state index in [4.69, 9.17) is 11.6 Å². The van der Waals surface area contributed by atoms with Gasteiger partial charge >= 0.3 is 0 Å². The summed E-state index contributed by atoms with van der Waals surface area (Å²) in [5, 5.41) is 11.7. The van der Waals surface area contributed by atoms with E-state index in [0.717, 1.165) is 24.1 Å². The summed E-state index contributed by atoms with van der Waals surface area (Å²) in [5.74, 6) is 0. The van der Waals surface area contributed by atoms with Crippen molar-refractivity contribution in [2.45, 2.75) is 12.8 Å². The van der Waals surface area contributed by atoms with E-state index in [0.29, 0.717) is 5.02 Å². The van der Waals surface area contributed by atoms with Crippen LogP contribution in [0.3, 0.4) is 0 Å².